The molecule has 1 aliphatic carbocycles. The molecule has 1 aliphatic heterocycles. The van der Waals surface area contributed by atoms with Gasteiger partial charge in [0.05, 0.1) is 11.1 Å². The van der Waals surface area contributed by atoms with Crippen LogP contribution in [0.4, 0.5) is 26.2 Å². The molecule has 1 unspecified atom stereocenters. The highest BCUT2D eigenvalue weighted by atomic mass is 19.2. The highest BCUT2D eigenvalue weighted by Crippen LogP contribution is 2.28. The molecule has 190 valence electrons. The number of nitro groups is 1. The minimum atomic E-state index is -0.926. The molecule has 5 rings (SSSR count). The Labute approximate surface area is 207 Å². The number of nitrogens with one attached hydrogen (secondary N) is 2. The Balaban J connectivity index is 1.22. The molecule has 10 heteroatoms. The molecule has 3 atom stereocenters. The summed E-state index contributed by atoms with van der Waals surface area (Å²) in [4.78, 5) is 17.2. The molecular formula is C26H29F2N5O3. The third kappa shape index (κ3) is 5.48. The second-order valence-corrected chi connectivity index (χ2v) is 9.53. The van der Waals surface area contributed by atoms with E-state index in [4.69, 9.17) is 4.42 Å². The van der Waals surface area contributed by atoms with Gasteiger partial charge in [0.1, 0.15) is 0 Å². The van der Waals surface area contributed by atoms with Gasteiger partial charge in [-0.25, -0.2) is 13.8 Å². The maximum atomic E-state index is 13.6. The van der Waals surface area contributed by atoms with Crippen molar-refractivity contribution in [3.05, 3.63) is 70.4 Å². The van der Waals surface area contributed by atoms with E-state index in [-0.39, 0.29) is 22.7 Å². The SMILES string of the molecule is O=[N+]([O-])c1ccc(N2CCCC(N[C@@H]3CCCC[C@H]3Nc3ncc(-c4ccc(F)c(F)c4)o3)C2)cc1. The van der Waals surface area contributed by atoms with Crippen molar-refractivity contribution >= 4 is 17.4 Å². The lowest BCUT2D eigenvalue weighted by Crippen LogP contribution is -2.54. The van der Waals surface area contributed by atoms with Gasteiger partial charge in [0.2, 0.25) is 0 Å². The Morgan fingerprint density at radius 1 is 1.00 bits per heavy atom. The number of halogens is 2. The van der Waals surface area contributed by atoms with Crippen molar-refractivity contribution in [2.45, 2.75) is 56.7 Å². The smallest absolute Gasteiger partial charge is 0.295 e. The molecule has 0 radical (unpaired) electrons. The lowest BCUT2D eigenvalue weighted by atomic mass is 9.89. The Bertz CT molecular complexity index is 1200. The van der Waals surface area contributed by atoms with Crippen molar-refractivity contribution in [1.29, 1.82) is 0 Å². The first kappa shape index (κ1) is 24.2. The van der Waals surface area contributed by atoms with Crippen molar-refractivity contribution in [3.8, 4) is 11.3 Å². The molecule has 2 fully saturated rings. The monoisotopic (exact) mass is 497 g/mol. The van der Waals surface area contributed by atoms with Crippen LogP contribution in [0.15, 0.2) is 53.1 Å². The molecule has 3 aromatic rings. The number of nitro benzene ring substituents is 1. The van der Waals surface area contributed by atoms with Crippen molar-refractivity contribution in [1.82, 2.24) is 10.3 Å². The van der Waals surface area contributed by atoms with Crippen LogP contribution in [0.2, 0.25) is 0 Å². The normalized spacial score (nSPS) is 22.4. The molecule has 0 spiro atoms. The Kier molecular flexibility index (Phi) is 7.13. The molecule has 1 saturated heterocycles. The molecule has 36 heavy (non-hydrogen) atoms. The van der Waals surface area contributed by atoms with E-state index in [2.05, 4.69) is 20.5 Å². The second kappa shape index (κ2) is 10.6. The summed E-state index contributed by atoms with van der Waals surface area (Å²) >= 11 is 0. The molecule has 1 aromatic heterocycles. The number of oxazole rings is 1. The maximum Gasteiger partial charge on any atom is 0.295 e. The van der Waals surface area contributed by atoms with Crippen LogP contribution in [-0.2, 0) is 0 Å². The first-order chi connectivity index (χ1) is 17.5. The van der Waals surface area contributed by atoms with Gasteiger partial charge in [0, 0.05) is 54.6 Å². The summed E-state index contributed by atoms with van der Waals surface area (Å²) in [7, 11) is 0. The van der Waals surface area contributed by atoms with Crippen LogP contribution >= 0.6 is 0 Å². The molecule has 2 aromatic carbocycles. The molecule has 8 nitrogen and oxygen atoms in total. The van der Waals surface area contributed by atoms with E-state index in [9.17, 15) is 18.9 Å². The fourth-order valence-electron chi connectivity index (χ4n) is 5.22. The summed E-state index contributed by atoms with van der Waals surface area (Å²) < 4.78 is 32.7. The molecule has 0 amide bonds. The first-order valence-electron chi connectivity index (χ1n) is 12.4. The molecular weight excluding hydrogens is 468 g/mol. The van der Waals surface area contributed by atoms with Crippen molar-refractivity contribution in [3.63, 3.8) is 0 Å². The van der Waals surface area contributed by atoms with Crippen molar-refractivity contribution in [2.75, 3.05) is 23.3 Å². The van der Waals surface area contributed by atoms with Crippen LogP contribution in [0, 0.1) is 21.7 Å². The third-order valence-corrected chi connectivity index (χ3v) is 7.08. The fourth-order valence-corrected chi connectivity index (χ4v) is 5.22. The maximum absolute atomic E-state index is 13.6. The van der Waals surface area contributed by atoms with E-state index in [0.717, 1.165) is 69.4 Å². The van der Waals surface area contributed by atoms with Gasteiger partial charge in [-0.1, -0.05) is 12.8 Å². The van der Waals surface area contributed by atoms with Gasteiger partial charge < -0.3 is 20.0 Å². The lowest BCUT2D eigenvalue weighted by Gasteiger charge is -2.40. The van der Waals surface area contributed by atoms with Crippen LogP contribution in [0.5, 0.6) is 0 Å². The van der Waals surface area contributed by atoms with E-state index >= 15 is 0 Å². The minimum Gasteiger partial charge on any atom is -0.424 e. The van der Waals surface area contributed by atoms with Crippen LogP contribution < -0.4 is 15.5 Å². The third-order valence-electron chi connectivity index (χ3n) is 7.08. The number of anilines is 2. The van der Waals surface area contributed by atoms with Crippen molar-refractivity contribution < 1.29 is 18.1 Å². The lowest BCUT2D eigenvalue weighted by molar-refractivity contribution is -0.384. The fraction of sp³-hybridized carbons (Fsp3) is 0.423. The Morgan fingerprint density at radius 2 is 1.78 bits per heavy atom. The van der Waals surface area contributed by atoms with Gasteiger partial charge in [-0.15, -0.1) is 0 Å². The number of non-ortho nitro benzene ring substituents is 1. The molecule has 1 saturated carbocycles. The highest BCUT2D eigenvalue weighted by molar-refractivity contribution is 5.57. The number of piperidine rings is 1. The van der Waals surface area contributed by atoms with Gasteiger partial charge in [-0.05, 0) is 56.0 Å². The van der Waals surface area contributed by atoms with Crippen LogP contribution in [0.3, 0.4) is 0 Å². The van der Waals surface area contributed by atoms with Gasteiger partial charge in [0.15, 0.2) is 17.4 Å². The van der Waals surface area contributed by atoms with Gasteiger partial charge in [-0.3, -0.25) is 10.1 Å². The van der Waals surface area contributed by atoms with Gasteiger partial charge in [0.25, 0.3) is 11.7 Å². The summed E-state index contributed by atoms with van der Waals surface area (Å²) in [6.45, 7) is 1.76. The van der Waals surface area contributed by atoms with E-state index in [1.54, 1.807) is 12.1 Å². The summed E-state index contributed by atoms with van der Waals surface area (Å²) in [6, 6.07) is 11.4. The number of benzene rings is 2. The van der Waals surface area contributed by atoms with E-state index in [1.165, 1.54) is 12.3 Å². The standard InChI is InChI=1S/C26H29F2N5O3/c27-21-12-7-17(14-22(21)28)25-15-29-26(36-25)31-24-6-2-1-5-23(24)30-18-4-3-13-32(16-18)19-8-10-20(11-9-19)33(34)35/h7-12,14-15,18,23-24,30H,1-6,13,16H2,(H,29,31)/t18?,23-,24-/m1/s1. The second-order valence-electron chi connectivity index (χ2n) is 9.53. The van der Waals surface area contributed by atoms with Crippen LogP contribution in [0.1, 0.15) is 38.5 Å². The number of aromatic nitrogens is 1. The number of hydrogen-bond donors (Lipinski definition) is 2. The Hall–Kier alpha value is -3.53. The zero-order valence-corrected chi connectivity index (χ0v) is 19.8. The largest absolute Gasteiger partial charge is 0.424 e. The van der Waals surface area contributed by atoms with Crippen LogP contribution in [-0.4, -0.2) is 41.1 Å². The van der Waals surface area contributed by atoms with E-state index < -0.39 is 11.6 Å². The first-order valence-corrected chi connectivity index (χ1v) is 12.4. The molecule has 0 bridgehead atoms. The number of hydrogen-bond acceptors (Lipinski definition) is 7. The number of nitrogens with zero attached hydrogens (tertiary/aromatic N) is 3. The minimum absolute atomic E-state index is 0.0980. The summed E-state index contributed by atoms with van der Waals surface area (Å²) in [5, 5.41) is 18.2. The highest BCUT2D eigenvalue weighted by Gasteiger charge is 2.30. The molecule has 2 heterocycles. The summed E-state index contributed by atoms with van der Waals surface area (Å²) in [5.41, 5.74) is 1.53. The average Bonchev–Trinajstić information content (AvgIpc) is 3.36. The van der Waals surface area contributed by atoms with Crippen LogP contribution in [0.25, 0.3) is 11.3 Å². The Morgan fingerprint density at radius 3 is 2.53 bits per heavy atom. The van der Waals surface area contributed by atoms with Gasteiger partial charge >= 0.3 is 0 Å². The summed E-state index contributed by atoms with van der Waals surface area (Å²) in [6.07, 6.45) is 7.86. The van der Waals surface area contributed by atoms with Gasteiger partial charge in [-0.2, -0.15) is 0 Å². The quantitative estimate of drug-likeness (QED) is 0.328. The number of rotatable bonds is 7. The van der Waals surface area contributed by atoms with Crippen molar-refractivity contribution in [2.24, 2.45) is 0 Å². The van der Waals surface area contributed by atoms with E-state index in [1.807, 2.05) is 12.1 Å². The zero-order chi connectivity index (χ0) is 25.1. The molecule has 2 N–H and O–H groups in total. The molecule has 2 aliphatic rings. The average molecular weight is 498 g/mol. The predicted octanol–water partition coefficient (Wildman–Crippen LogP) is 5.51. The zero-order valence-electron chi connectivity index (χ0n) is 19.8. The topological polar surface area (TPSA) is 96.5 Å². The summed E-state index contributed by atoms with van der Waals surface area (Å²) in [5.74, 6) is -1.45. The predicted molar refractivity (Wildman–Crippen MR) is 133 cm³/mol. The van der Waals surface area contributed by atoms with E-state index in [0.29, 0.717) is 23.4 Å².